The van der Waals surface area contributed by atoms with Crippen LogP contribution in [0.3, 0.4) is 0 Å². The third kappa shape index (κ3) is 5.92. The first-order chi connectivity index (χ1) is 13.5. The quantitative estimate of drug-likeness (QED) is 0.500. The van der Waals surface area contributed by atoms with Gasteiger partial charge in [0.1, 0.15) is 5.75 Å². The van der Waals surface area contributed by atoms with Crippen LogP contribution in [-0.4, -0.2) is 49.6 Å². The van der Waals surface area contributed by atoms with E-state index < -0.39 is 0 Å². The van der Waals surface area contributed by atoms with Crippen molar-refractivity contribution in [2.45, 2.75) is 20.3 Å². The number of thiazole rings is 1. The predicted molar refractivity (Wildman–Crippen MR) is 124 cm³/mol. The first-order valence-electron chi connectivity index (χ1n) is 9.54. The number of halogens is 1. The molecule has 0 atom stereocenters. The third-order valence-corrected chi connectivity index (χ3v) is 5.46. The minimum Gasteiger partial charge on any atom is -0.494 e. The lowest BCUT2D eigenvalue weighted by atomic mass is 10.1. The van der Waals surface area contributed by atoms with Crippen molar-refractivity contribution in [3.8, 4) is 5.75 Å². The molecule has 156 valence electrons. The van der Waals surface area contributed by atoms with E-state index in [0.717, 1.165) is 39.6 Å². The molecule has 0 N–H and O–H groups in total. The van der Waals surface area contributed by atoms with Crippen molar-refractivity contribution < 1.29 is 9.53 Å². The van der Waals surface area contributed by atoms with Crippen molar-refractivity contribution in [1.29, 1.82) is 0 Å². The van der Waals surface area contributed by atoms with Crippen LogP contribution in [-0.2, 0) is 0 Å². The number of hydrogen-bond donors (Lipinski definition) is 0. The molecule has 2 aromatic carbocycles. The molecule has 0 fully saturated rings. The molecule has 1 aromatic heterocycles. The zero-order valence-electron chi connectivity index (χ0n) is 17.3. The molecule has 5 nitrogen and oxygen atoms in total. The Morgan fingerprint density at radius 3 is 2.48 bits per heavy atom. The average Bonchev–Trinajstić information content (AvgIpc) is 3.08. The number of fused-ring (bicyclic) bond motifs is 1. The molecule has 1 heterocycles. The second-order valence-corrected chi connectivity index (χ2v) is 8.05. The molecule has 1 amide bonds. The number of rotatable bonds is 8. The summed E-state index contributed by atoms with van der Waals surface area (Å²) in [6.07, 6.45) is 0.880. The Labute approximate surface area is 182 Å². The number of carbonyl (C=O) groups is 1. The molecule has 0 saturated carbocycles. The summed E-state index contributed by atoms with van der Waals surface area (Å²) in [5.74, 6) is 0.817. The summed E-state index contributed by atoms with van der Waals surface area (Å²) < 4.78 is 6.62. The maximum atomic E-state index is 13.2. The van der Waals surface area contributed by atoms with E-state index in [-0.39, 0.29) is 18.3 Å². The minimum atomic E-state index is -0.0113. The van der Waals surface area contributed by atoms with E-state index in [0.29, 0.717) is 18.7 Å². The van der Waals surface area contributed by atoms with Gasteiger partial charge in [-0.25, -0.2) is 4.98 Å². The van der Waals surface area contributed by atoms with E-state index >= 15 is 0 Å². The fraction of sp³-hybridized carbons (Fsp3) is 0.364. The largest absolute Gasteiger partial charge is 0.494 e. The third-order valence-electron chi connectivity index (χ3n) is 4.42. The number of ether oxygens (including phenoxy) is 1. The van der Waals surface area contributed by atoms with Crippen molar-refractivity contribution in [2.75, 3.05) is 38.7 Å². The Bertz CT molecular complexity index is 941. The monoisotopic (exact) mass is 433 g/mol. The van der Waals surface area contributed by atoms with Crippen molar-refractivity contribution in [2.24, 2.45) is 0 Å². The molecule has 0 aliphatic carbocycles. The number of amides is 1. The first kappa shape index (κ1) is 23.1. The van der Waals surface area contributed by atoms with E-state index in [1.54, 1.807) is 4.90 Å². The highest BCUT2D eigenvalue weighted by Gasteiger charge is 2.21. The summed E-state index contributed by atoms with van der Waals surface area (Å²) in [6, 6.07) is 13.6. The van der Waals surface area contributed by atoms with Crippen molar-refractivity contribution in [3.63, 3.8) is 0 Å². The molecule has 7 heteroatoms. The first-order valence-corrected chi connectivity index (χ1v) is 10.4. The second kappa shape index (κ2) is 10.6. The number of anilines is 1. The van der Waals surface area contributed by atoms with Crippen molar-refractivity contribution >= 4 is 45.0 Å². The standard InChI is InChI=1S/C22H27N3O2S.ClH/c1-5-27-18-11-12-19-20(15-18)28-22(23-19)25(14-6-13-24(3)4)21(26)17-9-7-16(2)8-10-17;/h7-12,15H,5-6,13-14H2,1-4H3;1H. The fourth-order valence-electron chi connectivity index (χ4n) is 2.95. The number of carbonyl (C=O) groups excluding carboxylic acids is 1. The highest BCUT2D eigenvalue weighted by atomic mass is 35.5. The lowest BCUT2D eigenvalue weighted by Crippen LogP contribution is -2.33. The minimum absolute atomic E-state index is 0. The molecule has 0 spiro atoms. The average molecular weight is 434 g/mol. The number of benzene rings is 2. The van der Waals surface area contributed by atoms with Crippen LogP contribution in [0.1, 0.15) is 29.3 Å². The van der Waals surface area contributed by atoms with Gasteiger partial charge in [0.2, 0.25) is 0 Å². The van der Waals surface area contributed by atoms with Gasteiger partial charge in [-0.15, -0.1) is 12.4 Å². The van der Waals surface area contributed by atoms with Crippen LogP contribution < -0.4 is 9.64 Å². The zero-order chi connectivity index (χ0) is 20.1. The van der Waals surface area contributed by atoms with Gasteiger partial charge in [0.05, 0.1) is 16.8 Å². The molecule has 29 heavy (non-hydrogen) atoms. The molecule has 0 unspecified atom stereocenters. The smallest absolute Gasteiger partial charge is 0.260 e. The van der Waals surface area contributed by atoms with Gasteiger partial charge < -0.3 is 9.64 Å². The second-order valence-electron chi connectivity index (χ2n) is 7.04. The maximum absolute atomic E-state index is 13.2. The van der Waals surface area contributed by atoms with E-state index in [9.17, 15) is 4.79 Å². The summed E-state index contributed by atoms with van der Waals surface area (Å²) in [5.41, 5.74) is 2.71. The number of aromatic nitrogens is 1. The van der Waals surface area contributed by atoms with Gasteiger partial charge in [-0.2, -0.15) is 0 Å². The van der Waals surface area contributed by atoms with Gasteiger partial charge in [0.15, 0.2) is 5.13 Å². The van der Waals surface area contributed by atoms with Crippen LogP contribution in [0.2, 0.25) is 0 Å². The highest BCUT2D eigenvalue weighted by Crippen LogP contribution is 2.32. The van der Waals surface area contributed by atoms with Crippen molar-refractivity contribution in [3.05, 3.63) is 53.6 Å². The number of nitrogens with zero attached hydrogens (tertiary/aromatic N) is 3. The molecule has 3 aromatic rings. The molecule has 0 aliphatic heterocycles. The summed E-state index contributed by atoms with van der Waals surface area (Å²) in [7, 11) is 4.08. The van der Waals surface area contributed by atoms with Gasteiger partial charge in [-0.05, 0) is 71.2 Å². The number of aryl methyl sites for hydroxylation is 1. The molecule has 0 bridgehead atoms. The van der Waals surface area contributed by atoms with E-state index in [1.807, 2.05) is 70.4 Å². The molecule has 0 aliphatic rings. The summed E-state index contributed by atoms with van der Waals surface area (Å²) >= 11 is 1.53. The Hall–Kier alpha value is -2.15. The molecular weight excluding hydrogens is 406 g/mol. The van der Waals surface area contributed by atoms with Crippen LogP contribution in [0, 0.1) is 6.92 Å². The van der Waals surface area contributed by atoms with Gasteiger partial charge >= 0.3 is 0 Å². The van der Waals surface area contributed by atoms with Crippen LogP contribution in [0.5, 0.6) is 5.75 Å². The summed E-state index contributed by atoms with van der Waals surface area (Å²) in [4.78, 5) is 21.9. The molecule has 3 rings (SSSR count). The normalized spacial score (nSPS) is 10.8. The summed E-state index contributed by atoms with van der Waals surface area (Å²) in [6.45, 7) is 6.15. The van der Waals surface area contributed by atoms with Crippen LogP contribution in [0.25, 0.3) is 10.2 Å². The van der Waals surface area contributed by atoms with E-state index in [4.69, 9.17) is 9.72 Å². The van der Waals surface area contributed by atoms with Gasteiger partial charge in [-0.1, -0.05) is 29.0 Å². The number of hydrogen-bond acceptors (Lipinski definition) is 5. The van der Waals surface area contributed by atoms with Crippen molar-refractivity contribution in [1.82, 2.24) is 9.88 Å². The van der Waals surface area contributed by atoms with Gasteiger partial charge in [0, 0.05) is 12.1 Å². The molecular formula is C22H28ClN3O2S. The predicted octanol–water partition coefficient (Wildman–Crippen LogP) is 5.02. The van der Waals surface area contributed by atoms with Crippen LogP contribution >= 0.6 is 23.7 Å². The Morgan fingerprint density at radius 2 is 1.83 bits per heavy atom. The van der Waals surface area contributed by atoms with E-state index in [1.165, 1.54) is 11.3 Å². The fourth-order valence-corrected chi connectivity index (χ4v) is 3.96. The summed E-state index contributed by atoms with van der Waals surface area (Å²) in [5, 5.41) is 0.730. The Kier molecular flexibility index (Phi) is 8.44. The Morgan fingerprint density at radius 1 is 1.10 bits per heavy atom. The van der Waals surface area contributed by atoms with E-state index in [2.05, 4.69) is 4.90 Å². The topological polar surface area (TPSA) is 45.7 Å². The maximum Gasteiger partial charge on any atom is 0.260 e. The lowest BCUT2D eigenvalue weighted by molar-refractivity contribution is 0.0986. The van der Waals surface area contributed by atoms with Gasteiger partial charge in [0.25, 0.3) is 5.91 Å². The molecule has 0 saturated heterocycles. The van der Waals surface area contributed by atoms with Gasteiger partial charge in [-0.3, -0.25) is 9.69 Å². The SMILES string of the molecule is CCOc1ccc2nc(N(CCCN(C)C)C(=O)c3ccc(C)cc3)sc2c1.Cl. The Balaban J connectivity index is 0.00000300. The zero-order valence-corrected chi connectivity index (χ0v) is 19.0. The lowest BCUT2D eigenvalue weighted by Gasteiger charge is -2.21. The van der Waals surface area contributed by atoms with Crippen LogP contribution in [0.15, 0.2) is 42.5 Å². The van der Waals surface area contributed by atoms with Crippen LogP contribution in [0.4, 0.5) is 5.13 Å². The molecule has 0 radical (unpaired) electrons. The highest BCUT2D eigenvalue weighted by molar-refractivity contribution is 7.22.